The molecule has 0 spiro atoms. The van der Waals surface area contributed by atoms with Crippen molar-refractivity contribution in [3.8, 4) is 0 Å². The van der Waals surface area contributed by atoms with Crippen LogP contribution in [0.2, 0.25) is 0 Å². The van der Waals surface area contributed by atoms with E-state index in [0.717, 1.165) is 0 Å². The molecule has 2 amide bonds. The average Bonchev–Trinajstić information content (AvgIpc) is 2.85. The van der Waals surface area contributed by atoms with E-state index in [9.17, 15) is 19.2 Å². The van der Waals surface area contributed by atoms with Crippen LogP contribution in [0.25, 0.3) is 0 Å². The molecule has 0 saturated carbocycles. The molecular weight excluding hydrogens is 836 g/mol. The largest absolute Gasteiger partial charge is 0.350 e. The normalized spacial score (nSPS) is 9.41. The molecule has 0 aromatic carbocycles. The number of amides is 2. The molecule has 0 unspecified atom stereocenters. The maximum atomic E-state index is 11.7. The molecule has 0 saturated heterocycles. The Morgan fingerprint density at radius 3 is 1.27 bits per heavy atom. The molecule has 206 valence electrons. The van der Waals surface area contributed by atoms with Gasteiger partial charge in [-0.15, -0.1) is 47.2 Å². The van der Waals surface area contributed by atoms with Gasteiger partial charge in [-0.25, -0.2) is 9.97 Å². The average molecular weight is 857 g/mol. The maximum absolute atomic E-state index is 11.7. The molecule has 4 N–H and O–H groups in total. The van der Waals surface area contributed by atoms with Gasteiger partial charge in [0.1, 0.15) is 22.8 Å². The molecule has 2 aromatic rings. The second-order valence-electron chi connectivity index (χ2n) is 6.03. The van der Waals surface area contributed by atoms with Gasteiger partial charge in [0.05, 0.1) is 0 Å². The third-order valence-electron chi connectivity index (χ3n) is 3.32. The smallest absolute Gasteiger partial charge is 0.269 e. The van der Waals surface area contributed by atoms with Gasteiger partial charge in [0, 0.05) is 46.2 Å². The van der Waals surface area contributed by atoms with Gasteiger partial charge in [-0.05, 0) is 56.1 Å². The van der Waals surface area contributed by atoms with Crippen molar-refractivity contribution in [1.29, 1.82) is 0 Å². The second-order valence-corrected chi connectivity index (χ2v) is 10.4. The molecule has 0 bridgehead atoms. The van der Waals surface area contributed by atoms with E-state index in [1.807, 2.05) is 0 Å². The molecule has 0 aliphatic carbocycles. The van der Waals surface area contributed by atoms with Gasteiger partial charge in [0.15, 0.2) is 0 Å². The van der Waals surface area contributed by atoms with Gasteiger partial charge in [0.25, 0.3) is 11.8 Å². The van der Waals surface area contributed by atoms with Crippen molar-refractivity contribution in [3.05, 3.63) is 56.0 Å². The summed E-state index contributed by atoms with van der Waals surface area (Å²) in [5, 5.41) is 5.16. The Kier molecular flexibility index (Phi) is 23.5. The van der Waals surface area contributed by atoms with E-state index in [2.05, 4.69) is 84.3 Å². The minimum atomic E-state index is -0.381. The highest BCUT2D eigenvalue weighted by atomic mass is 79.9. The van der Waals surface area contributed by atoms with Crippen LogP contribution in [-0.4, -0.2) is 68.4 Å². The number of nitrogens with one attached hydrogen (secondary N) is 2. The van der Waals surface area contributed by atoms with E-state index in [0.29, 0.717) is 46.2 Å². The minimum Gasteiger partial charge on any atom is -0.350 e. The van der Waals surface area contributed by atoms with Crippen LogP contribution in [0.1, 0.15) is 42.0 Å². The van der Waals surface area contributed by atoms with Crippen LogP contribution in [0.3, 0.4) is 0 Å². The molecule has 0 radical (unpaired) electrons. The first-order valence-electron chi connectivity index (χ1n) is 9.69. The van der Waals surface area contributed by atoms with Crippen LogP contribution >= 0.6 is 111 Å². The number of nitrogens with zero attached hydrogens (tertiary/aromatic N) is 2. The SMILES string of the molecule is Cl.NCCCl.O=C(Br)c1cc(Br)cc(C(=O)Br)n1.O=C(NCCCl)c1cc(Br)cc(C(=O)NCCCl)n1. The Balaban J connectivity index is 0. The van der Waals surface area contributed by atoms with Gasteiger partial charge < -0.3 is 16.4 Å². The van der Waals surface area contributed by atoms with Crippen LogP contribution in [0.4, 0.5) is 0 Å². The molecule has 0 aliphatic heterocycles. The highest BCUT2D eigenvalue weighted by molar-refractivity contribution is 9.18. The first-order valence-corrected chi connectivity index (χ1v) is 14.5. The zero-order valence-electron chi connectivity index (χ0n) is 18.7. The lowest BCUT2D eigenvalue weighted by Crippen LogP contribution is -2.29. The molecule has 2 rings (SSSR count). The summed E-state index contributed by atoms with van der Waals surface area (Å²) in [5.41, 5.74) is 5.58. The molecular formula is C20H21Br4Cl4N5O4. The number of carbonyl (C=O) groups is 4. The lowest BCUT2D eigenvalue weighted by Gasteiger charge is -2.06. The Hall–Kier alpha value is -0.380. The van der Waals surface area contributed by atoms with E-state index in [4.69, 9.17) is 40.5 Å². The lowest BCUT2D eigenvalue weighted by molar-refractivity contribution is 0.0945. The topological polar surface area (TPSA) is 144 Å². The molecule has 2 aromatic heterocycles. The molecule has 0 atom stereocenters. The number of hydrogen-bond donors (Lipinski definition) is 3. The predicted octanol–water partition coefficient (Wildman–Crippen LogP) is 5.30. The first kappa shape index (κ1) is 38.8. The molecule has 37 heavy (non-hydrogen) atoms. The van der Waals surface area contributed by atoms with Gasteiger partial charge >= 0.3 is 0 Å². The van der Waals surface area contributed by atoms with Crippen LogP contribution < -0.4 is 16.4 Å². The number of alkyl halides is 3. The Morgan fingerprint density at radius 1 is 0.703 bits per heavy atom. The standard InChI is InChI=1S/C11H12BrCl2N3O2.C7H2Br3NO2.C2H6ClN.ClH/c12-7-5-8(10(18)15-3-1-13)17-9(6-7)11(19)16-4-2-14;8-3-1-4(6(9)12)11-5(2-3)7(10)13;3-1-2-4;/h5-6H,1-4H2,(H,15,18)(H,16,19);1-2H;1-2,4H2;1H. The zero-order chi connectivity index (χ0) is 27.7. The van der Waals surface area contributed by atoms with Crippen molar-refractivity contribution in [3.63, 3.8) is 0 Å². The van der Waals surface area contributed by atoms with Crippen molar-refractivity contribution >= 4 is 132 Å². The van der Waals surface area contributed by atoms with Gasteiger partial charge in [-0.2, -0.15) is 0 Å². The number of rotatable bonds is 9. The fourth-order valence-electron chi connectivity index (χ4n) is 1.93. The number of halogens is 8. The summed E-state index contributed by atoms with van der Waals surface area (Å²) in [6, 6.07) is 6.11. The summed E-state index contributed by atoms with van der Waals surface area (Å²) >= 11 is 27.9. The summed E-state index contributed by atoms with van der Waals surface area (Å²) in [7, 11) is 0. The summed E-state index contributed by atoms with van der Waals surface area (Å²) in [6.45, 7) is 1.26. The van der Waals surface area contributed by atoms with Crippen LogP contribution in [0.5, 0.6) is 0 Å². The van der Waals surface area contributed by atoms with Crippen molar-refractivity contribution in [1.82, 2.24) is 20.6 Å². The van der Waals surface area contributed by atoms with Crippen LogP contribution in [0, 0.1) is 0 Å². The number of hydrogen-bond acceptors (Lipinski definition) is 7. The third-order valence-corrected chi connectivity index (χ3v) is 5.64. The molecule has 17 heteroatoms. The highest BCUT2D eigenvalue weighted by Crippen LogP contribution is 2.16. The summed E-state index contributed by atoms with van der Waals surface area (Å²) in [4.78, 5) is 53.0. The number of nitrogens with two attached hydrogens (primary N) is 1. The van der Waals surface area contributed by atoms with E-state index in [1.54, 1.807) is 0 Å². The highest BCUT2D eigenvalue weighted by Gasteiger charge is 2.14. The van der Waals surface area contributed by atoms with Crippen molar-refractivity contribution in [2.45, 2.75) is 0 Å². The zero-order valence-corrected chi connectivity index (χ0v) is 28.1. The second kappa shape index (κ2) is 22.4. The molecule has 2 heterocycles. The fourth-order valence-corrected chi connectivity index (χ4v) is 3.39. The number of aromatic nitrogens is 2. The molecule has 0 aliphatic rings. The monoisotopic (exact) mass is 851 g/mol. The Bertz CT molecular complexity index is 981. The number of carbonyl (C=O) groups excluding carboxylic acids is 4. The van der Waals surface area contributed by atoms with Gasteiger partial charge in [-0.3, -0.25) is 19.2 Å². The van der Waals surface area contributed by atoms with Crippen molar-refractivity contribution in [2.75, 3.05) is 37.3 Å². The fraction of sp³-hybridized carbons (Fsp3) is 0.300. The van der Waals surface area contributed by atoms with E-state index < -0.39 is 0 Å². The van der Waals surface area contributed by atoms with E-state index in [1.165, 1.54) is 24.3 Å². The molecule has 0 fully saturated rings. The van der Waals surface area contributed by atoms with Crippen LogP contribution in [-0.2, 0) is 0 Å². The minimum absolute atomic E-state index is 0. The molecule has 9 nitrogen and oxygen atoms in total. The summed E-state index contributed by atoms with van der Waals surface area (Å²) < 4.78 is 0.509. The number of pyridine rings is 2. The van der Waals surface area contributed by atoms with Gasteiger partial charge in [-0.1, -0.05) is 31.9 Å². The summed E-state index contributed by atoms with van der Waals surface area (Å²) in [6.07, 6.45) is 0. The maximum Gasteiger partial charge on any atom is 0.269 e. The Labute approximate surface area is 268 Å². The Morgan fingerprint density at radius 2 is 1.00 bits per heavy atom. The third kappa shape index (κ3) is 17.0. The van der Waals surface area contributed by atoms with E-state index >= 15 is 0 Å². The lowest BCUT2D eigenvalue weighted by atomic mass is 10.2. The quantitative estimate of drug-likeness (QED) is 0.230. The van der Waals surface area contributed by atoms with Gasteiger partial charge in [0.2, 0.25) is 9.39 Å². The van der Waals surface area contributed by atoms with E-state index in [-0.39, 0.29) is 56.4 Å². The van der Waals surface area contributed by atoms with Crippen LogP contribution in [0.15, 0.2) is 33.2 Å². The van der Waals surface area contributed by atoms with Crippen molar-refractivity contribution < 1.29 is 19.2 Å². The predicted molar refractivity (Wildman–Crippen MR) is 164 cm³/mol. The first-order chi connectivity index (χ1) is 17.0. The van der Waals surface area contributed by atoms with Crippen molar-refractivity contribution in [2.24, 2.45) is 5.73 Å². The summed E-state index contributed by atoms with van der Waals surface area (Å²) in [5.74, 6) is 0.424.